The van der Waals surface area contributed by atoms with E-state index in [0.29, 0.717) is 5.15 Å². The molecule has 0 unspecified atom stereocenters. The van der Waals surface area contributed by atoms with Gasteiger partial charge in [0.25, 0.3) is 0 Å². The fourth-order valence-corrected chi connectivity index (χ4v) is 2.61. The van der Waals surface area contributed by atoms with E-state index in [2.05, 4.69) is 9.55 Å². The van der Waals surface area contributed by atoms with Crippen LogP contribution in [0.25, 0.3) is 11.4 Å². The minimum absolute atomic E-state index is 0.269. The molecule has 1 aliphatic rings. The molecule has 88 valence electrons. The standard InChI is InChI=1S/C13H13ClN2O/c14-12-11-3-1-2-8-16(11)13(15-12)9-4-6-10(17)7-5-9/h4-7,17H,1-3,8H2. The summed E-state index contributed by atoms with van der Waals surface area (Å²) in [6.07, 6.45) is 3.36. The van der Waals surface area contributed by atoms with E-state index in [0.717, 1.165) is 30.0 Å². The lowest BCUT2D eigenvalue weighted by Gasteiger charge is -2.16. The predicted molar refractivity (Wildman–Crippen MR) is 67.3 cm³/mol. The number of phenols is 1. The second kappa shape index (κ2) is 4.08. The Morgan fingerprint density at radius 1 is 1.18 bits per heavy atom. The van der Waals surface area contributed by atoms with Gasteiger partial charge in [-0.25, -0.2) is 4.98 Å². The minimum atomic E-state index is 0.269. The second-order valence-corrected chi connectivity index (χ2v) is 4.69. The lowest BCUT2D eigenvalue weighted by molar-refractivity contribution is 0.475. The number of rotatable bonds is 1. The molecule has 0 bridgehead atoms. The van der Waals surface area contributed by atoms with E-state index in [4.69, 9.17) is 11.6 Å². The lowest BCUT2D eigenvalue weighted by Crippen LogP contribution is -2.10. The van der Waals surface area contributed by atoms with Crippen LogP contribution >= 0.6 is 11.6 Å². The summed E-state index contributed by atoms with van der Waals surface area (Å²) in [7, 11) is 0. The quantitative estimate of drug-likeness (QED) is 0.841. The summed E-state index contributed by atoms with van der Waals surface area (Å²) in [5.74, 6) is 1.18. The highest BCUT2D eigenvalue weighted by Gasteiger charge is 2.19. The number of hydrogen-bond donors (Lipinski definition) is 1. The molecule has 0 aliphatic carbocycles. The average Bonchev–Trinajstić information content (AvgIpc) is 2.69. The van der Waals surface area contributed by atoms with E-state index in [1.54, 1.807) is 12.1 Å². The molecule has 0 saturated carbocycles. The van der Waals surface area contributed by atoms with Crippen molar-refractivity contribution in [1.29, 1.82) is 0 Å². The number of phenolic OH excluding ortho intramolecular Hbond substituents is 1. The number of aromatic nitrogens is 2. The molecule has 0 spiro atoms. The number of nitrogens with zero attached hydrogens (tertiary/aromatic N) is 2. The smallest absolute Gasteiger partial charge is 0.150 e. The largest absolute Gasteiger partial charge is 0.508 e. The zero-order valence-corrected chi connectivity index (χ0v) is 10.1. The molecule has 2 aromatic rings. The number of hydrogen-bond acceptors (Lipinski definition) is 2. The fraction of sp³-hybridized carbons (Fsp3) is 0.308. The third kappa shape index (κ3) is 1.80. The van der Waals surface area contributed by atoms with E-state index in [-0.39, 0.29) is 5.75 Å². The van der Waals surface area contributed by atoms with Crippen LogP contribution in [0.3, 0.4) is 0 Å². The molecule has 0 amide bonds. The Bertz CT molecular complexity index is 545. The Morgan fingerprint density at radius 3 is 2.71 bits per heavy atom. The van der Waals surface area contributed by atoms with Gasteiger partial charge in [-0.3, -0.25) is 0 Å². The molecule has 0 saturated heterocycles. The molecule has 3 nitrogen and oxygen atoms in total. The molecule has 1 N–H and O–H groups in total. The predicted octanol–water partition coefficient (Wildman–Crippen LogP) is 3.25. The van der Waals surface area contributed by atoms with E-state index in [1.165, 1.54) is 12.8 Å². The first-order chi connectivity index (χ1) is 8.25. The summed E-state index contributed by atoms with van der Waals surface area (Å²) in [4.78, 5) is 4.44. The topological polar surface area (TPSA) is 38.1 Å². The van der Waals surface area contributed by atoms with Crippen molar-refractivity contribution in [3.63, 3.8) is 0 Å². The normalized spacial score (nSPS) is 14.6. The lowest BCUT2D eigenvalue weighted by atomic mass is 10.1. The zero-order valence-electron chi connectivity index (χ0n) is 9.36. The third-order valence-corrected chi connectivity index (χ3v) is 3.50. The molecule has 3 rings (SSSR count). The maximum absolute atomic E-state index is 9.29. The van der Waals surface area contributed by atoms with Gasteiger partial charge in [-0.1, -0.05) is 11.6 Å². The molecule has 0 radical (unpaired) electrons. The van der Waals surface area contributed by atoms with Crippen molar-refractivity contribution in [1.82, 2.24) is 9.55 Å². The molecule has 1 aromatic heterocycles. The number of benzene rings is 1. The van der Waals surface area contributed by atoms with Crippen LogP contribution in [0.1, 0.15) is 18.5 Å². The number of fused-ring (bicyclic) bond motifs is 1. The summed E-state index contributed by atoms with van der Waals surface area (Å²) < 4.78 is 2.19. The summed E-state index contributed by atoms with van der Waals surface area (Å²) in [6.45, 7) is 0.977. The van der Waals surface area contributed by atoms with Gasteiger partial charge in [0.2, 0.25) is 0 Å². The highest BCUT2D eigenvalue weighted by Crippen LogP contribution is 2.30. The van der Waals surface area contributed by atoms with Gasteiger partial charge in [0.15, 0.2) is 5.15 Å². The van der Waals surface area contributed by atoms with Crippen LogP contribution in [0.4, 0.5) is 0 Å². The van der Waals surface area contributed by atoms with Gasteiger partial charge in [-0.15, -0.1) is 0 Å². The van der Waals surface area contributed by atoms with Crippen molar-refractivity contribution in [3.05, 3.63) is 35.1 Å². The van der Waals surface area contributed by atoms with Crippen LogP contribution in [-0.4, -0.2) is 14.7 Å². The zero-order chi connectivity index (χ0) is 11.8. The molecule has 1 aromatic carbocycles. The highest BCUT2D eigenvalue weighted by molar-refractivity contribution is 6.30. The molecule has 17 heavy (non-hydrogen) atoms. The first kappa shape index (κ1) is 10.7. The van der Waals surface area contributed by atoms with E-state index < -0.39 is 0 Å². The second-order valence-electron chi connectivity index (χ2n) is 4.33. The van der Waals surface area contributed by atoms with Gasteiger partial charge >= 0.3 is 0 Å². The van der Waals surface area contributed by atoms with Crippen LogP contribution in [0.5, 0.6) is 5.75 Å². The maximum Gasteiger partial charge on any atom is 0.150 e. The van der Waals surface area contributed by atoms with Gasteiger partial charge in [-0.05, 0) is 43.5 Å². The molecule has 2 heterocycles. The molecule has 0 fully saturated rings. The monoisotopic (exact) mass is 248 g/mol. The molecule has 1 aliphatic heterocycles. The van der Waals surface area contributed by atoms with Gasteiger partial charge in [0.1, 0.15) is 11.6 Å². The van der Waals surface area contributed by atoms with Crippen LogP contribution < -0.4 is 0 Å². The Morgan fingerprint density at radius 2 is 1.94 bits per heavy atom. The first-order valence-corrected chi connectivity index (χ1v) is 6.18. The van der Waals surface area contributed by atoms with Crippen LogP contribution in [0.2, 0.25) is 5.15 Å². The van der Waals surface area contributed by atoms with E-state index in [1.807, 2.05) is 12.1 Å². The Balaban J connectivity index is 2.11. The number of aromatic hydroxyl groups is 1. The van der Waals surface area contributed by atoms with E-state index in [9.17, 15) is 5.11 Å². The maximum atomic E-state index is 9.29. The Hall–Kier alpha value is -1.48. The Labute approximate surface area is 105 Å². The van der Waals surface area contributed by atoms with Gasteiger partial charge < -0.3 is 9.67 Å². The van der Waals surface area contributed by atoms with Gasteiger partial charge in [-0.2, -0.15) is 0 Å². The van der Waals surface area contributed by atoms with Crippen molar-refractivity contribution >= 4 is 11.6 Å². The summed E-state index contributed by atoms with van der Waals surface area (Å²) in [5.41, 5.74) is 2.14. The minimum Gasteiger partial charge on any atom is -0.508 e. The van der Waals surface area contributed by atoms with Crippen molar-refractivity contribution < 1.29 is 5.11 Å². The van der Waals surface area contributed by atoms with Crippen LogP contribution in [-0.2, 0) is 13.0 Å². The Kier molecular flexibility index (Phi) is 2.56. The number of imidazole rings is 1. The number of halogens is 1. The van der Waals surface area contributed by atoms with Gasteiger partial charge in [0.05, 0.1) is 5.69 Å². The summed E-state index contributed by atoms with van der Waals surface area (Å²) in [5, 5.41) is 9.91. The first-order valence-electron chi connectivity index (χ1n) is 5.80. The van der Waals surface area contributed by atoms with Crippen molar-refractivity contribution in [2.45, 2.75) is 25.8 Å². The summed E-state index contributed by atoms with van der Waals surface area (Å²) >= 11 is 6.16. The van der Waals surface area contributed by atoms with Crippen molar-refractivity contribution in [3.8, 4) is 17.1 Å². The SMILES string of the molecule is Oc1ccc(-c2nc(Cl)c3n2CCCC3)cc1. The van der Waals surface area contributed by atoms with Gasteiger partial charge in [0, 0.05) is 12.1 Å². The third-order valence-electron chi connectivity index (χ3n) is 3.19. The van der Waals surface area contributed by atoms with E-state index >= 15 is 0 Å². The molecule has 4 heteroatoms. The molecule has 0 atom stereocenters. The van der Waals surface area contributed by atoms with Crippen molar-refractivity contribution in [2.75, 3.05) is 0 Å². The van der Waals surface area contributed by atoms with Crippen LogP contribution in [0.15, 0.2) is 24.3 Å². The highest BCUT2D eigenvalue weighted by atomic mass is 35.5. The van der Waals surface area contributed by atoms with Crippen molar-refractivity contribution in [2.24, 2.45) is 0 Å². The molecular formula is C13H13ClN2O. The molecular weight excluding hydrogens is 236 g/mol. The fourth-order valence-electron chi connectivity index (χ4n) is 2.33. The average molecular weight is 249 g/mol. The summed E-state index contributed by atoms with van der Waals surface area (Å²) in [6, 6.07) is 7.09. The van der Waals surface area contributed by atoms with Crippen LogP contribution in [0, 0.1) is 0 Å².